The number of nitrogens with zero attached hydrogens (tertiary/aromatic N) is 6. The first-order chi connectivity index (χ1) is 52.0. The van der Waals surface area contributed by atoms with Crippen LogP contribution in [0.25, 0.3) is 168 Å². The number of benzene rings is 12. The lowest BCUT2D eigenvalue weighted by Gasteiger charge is -2.25. The van der Waals surface area contributed by atoms with Gasteiger partial charge in [-0.15, -0.1) is 22.7 Å². The minimum absolute atomic E-state index is 0.151. The molecule has 5 aromatic heterocycles. The molecule has 0 spiro atoms. The highest BCUT2D eigenvalue weighted by Crippen LogP contribution is 2.53. The lowest BCUT2D eigenvalue weighted by atomic mass is 9.95. The van der Waals surface area contributed by atoms with E-state index in [1.807, 2.05) is 60.7 Å². The highest BCUT2D eigenvalue weighted by atomic mass is 32.1. The molecule has 6 nitrogen and oxygen atoms in total. The summed E-state index contributed by atoms with van der Waals surface area (Å²) in [5, 5.41) is 4.73. The van der Waals surface area contributed by atoms with Gasteiger partial charge in [0.25, 0.3) is 0 Å². The van der Waals surface area contributed by atoms with E-state index in [-0.39, 0.29) is 61.3 Å². The van der Waals surface area contributed by atoms with Crippen molar-refractivity contribution in [2.45, 2.75) is 0 Å². The molecule has 0 aliphatic carbocycles. The maximum atomic E-state index is 10.0. The van der Waals surface area contributed by atoms with Crippen molar-refractivity contribution in [3.05, 3.63) is 278 Å². The average Bonchev–Trinajstić information content (AvgIpc) is 1.63. The molecular weight excluding hydrogens is 1060 g/mol. The van der Waals surface area contributed by atoms with Crippen molar-refractivity contribution >= 4 is 112 Å². The van der Waals surface area contributed by atoms with E-state index in [0.29, 0.717) is 36.5 Å². The van der Waals surface area contributed by atoms with Gasteiger partial charge in [-0.2, -0.15) is 0 Å². The molecule has 84 heavy (non-hydrogen) atoms. The van der Waals surface area contributed by atoms with Crippen LogP contribution < -0.4 is 0 Å². The Kier molecular flexibility index (Phi) is 6.67. The second-order valence-electron chi connectivity index (χ2n) is 19.4. The van der Waals surface area contributed by atoms with E-state index in [2.05, 4.69) is 9.83 Å². The number of hydrogen-bond donors (Lipinski definition) is 0. The monoisotopic (exact) mass is 1130 g/mol. The normalized spacial score (nSPS) is 16.0. The van der Waals surface area contributed by atoms with Gasteiger partial charge in [-0.1, -0.05) is 212 Å². The Morgan fingerprint density at radius 2 is 0.762 bits per heavy atom. The molecule has 0 amide bonds. The van der Waals surface area contributed by atoms with Crippen LogP contribution in [0.4, 0.5) is 5.69 Å². The smallest absolute Gasteiger partial charge is 0.197 e. The molecular formula is C76H44N6S2. The van der Waals surface area contributed by atoms with Crippen LogP contribution in [0.15, 0.2) is 266 Å². The molecule has 0 aliphatic heterocycles. The molecule has 0 unspecified atom stereocenters. The van der Waals surface area contributed by atoms with Gasteiger partial charge >= 0.3 is 0 Å². The fraction of sp³-hybridized carbons (Fsp3) is 0. The first-order valence-electron chi connectivity index (χ1n) is 38.5. The summed E-state index contributed by atoms with van der Waals surface area (Å²) in [6, 6.07) is 15.0. The predicted molar refractivity (Wildman–Crippen MR) is 353 cm³/mol. The maximum absolute atomic E-state index is 10.0. The summed E-state index contributed by atoms with van der Waals surface area (Å²) in [7, 11) is 0. The number of thiophene rings is 2. The van der Waals surface area contributed by atoms with Crippen LogP contribution in [0.3, 0.4) is 0 Å². The van der Waals surface area contributed by atoms with Crippen molar-refractivity contribution in [3.8, 4) is 78.9 Å². The molecule has 5 heterocycles. The van der Waals surface area contributed by atoms with Gasteiger partial charge < -0.3 is 9.13 Å². The van der Waals surface area contributed by atoms with E-state index in [1.165, 1.54) is 40.9 Å². The van der Waals surface area contributed by atoms with Crippen molar-refractivity contribution in [1.82, 2.24) is 24.1 Å². The molecule has 0 saturated carbocycles. The zero-order valence-corrected chi connectivity index (χ0v) is 44.6. The van der Waals surface area contributed by atoms with Crippen LogP contribution in [0, 0.1) is 6.57 Å². The van der Waals surface area contributed by atoms with Gasteiger partial charge in [0.05, 0.1) is 74.3 Å². The van der Waals surface area contributed by atoms with Crippen molar-refractivity contribution in [2.75, 3.05) is 0 Å². The first-order valence-corrected chi connectivity index (χ1v) is 27.6. The molecule has 0 fully saturated rings. The third-order valence-corrected chi connectivity index (χ3v) is 17.4. The Balaban J connectivity index is 1.17. The molecule has 390 valence electrons. The third kappa shape index (κ3) is 7.43. The molecule has 0 aliphatic rings. The van der Waals surface area contributed by atoms with Gasteiger partial charge in [0.2, 0.25) is 0 Å². The van der Waals surface area contributed by atoms with E-state index < -0.39 is 191 Å². The Morgan fingerprint density at radius 1 is 0.357 bits per heavy atom. The molecule has 8 heteroatoms. The van der Waals surface area contributed by atoms with Gasteiger partial charge in [-0.3, -0.25) is 0 Å². The summed E-state index contributed by atoms with van der Waals surface area (Å²) in [6.45, 7) is 9.49. The molecule has 17 aromatic rings. The molecule has 0 N–H and O–H groups in total. The van der Waals surface area contributed by atoms with Crippen molar-refractivity contribution in [1.29, 1.82) is 0 Å². The molecule has 12 aromatic carbocycles. The number of hydrogen-bond acceptors (Lipinski definition) is 5. The number of rotatable bonds is 8. The van der Waals surface area contributed by atoms with Crippen molar-refractivity contribution in [2.24, 2.45) is 0 Å². The second-order valence-corrected chi connectivity index (χ2v) is 21.5. The Bertz CT molecular complexity index is 6930. The zero-order valence-electron chi connectivity index (χ0n) is 68.0. The van der Waals surface area contributed by atoms with Crippen LogP contribution in [-0.2, 0) is 0 Å². The average molecular weight is 1130 g/mol. The molecule has 0 saturated heterocycles. The van der Waals surface area contributed by atoms with Crippen LogP contribution in [0.1, 0.15) is 34.3 Å². The van der Waals surface area contributed by atoms with Gasteiger partial charge in [0.1, 0.15) is 0 Å². The van der Waals surface area contributed by atoms with E-state index >= 15 is 0 Å². The van der Waals surface area contributed by atoms with Crippen molar-refractivity contribution in [3.63, 3.8) is 0 Å². The van der Waals surface area contributed by atoms with Crippen LogP contribution >= 0.6 is 22.7 Å². The Morgan fingerprint density at radius 3 is 1.23 bits per heavy atom. The lowest BCUT2D eigenvalue weighted by molar-refractivity contribution is 1.05. The third-order valence-electron chi connectivity index (χ3n) is 15.0. The van der Waals surface area contributed by atoms with Gasteiger partial charge in [-0.05, 0) is 82.4 Å². The van der Waals surface area contributed by atoms with Crippen LogP contribution in [0.5, 0.6) is 0 Å². The Labute approximate surface area is 525 Å². The minimum Gasteiger partial charge on any atom is -0.308 e. The first kappa shape index (κ1) is 29.2. The summed E-state index contributed by atoms with van der Waals surface area (Å²) in [5.41, 5.74) is -2.31. The summed E-state index contributed by atoms with van der Waals surface area (Å²) >= 11 is 2.78. The van der Waals surface area contributed by atoms with E-state index in [0.717, 1.165) is 30.9 Å². The van der Waals surface area contributed by atoms with Crippen LogP contribution in [-0.4, -0.2) is 24.1 Å². The highest BCUT2D eigenvalue weighted by Gasteiger charge is 2.31. The second kappa shape index (κ2) is 19.2. The molecule has 0 radical (unpaired) electrons. The SMILES string of the molecule is [2H]c1c([2H])c([2H])c(-c2ccc3c(c2)c2c4sc5ccccc5c4ccc2n3-c2c(-c3nc(-c4c([2H])c([2H])c([2H])c([2H])c4[2H])nc(-c4c([2H])c([2H])c([2H])c([2H])c4[2H])n3)cc([N+]#[C-])c(-c3c([2H])c([2H])c([2H])c([2H])c3[2H])c2-n2c3ccc(-c4c([2H])c([2H])c([2H])c([2H])c4[2H])cc3c3c4sc5ccccc5c4ccc32)c([2H])c1[2H]. The van der Waals surface area contributed by atoms with Crippen LogP contribution in [0.2, 0.25) is 0 Å². The van der Waals surface area contributed by atoms with E-state index in [9.17, 15) is 23.0 Å². The standard InChI is InChI=1S/C76H44N6S2/c1-77-60-45-59(76-79-74(49-27-13-5-14-28-49)78-75(80-76)50-29-15-6-16-30-50)70(81-61-39-35-51(46-21-7-2-8-22-46)43-57(61)68-63(81)41-37-55-53-31-17-19-33-65(53)83-72(55)68)71(67(60)48-25-11-4-12-26-48)82-62-40-36-52(47-23-9-3-10-24-47)44-58(62)69-64(82)42-38-56-54-32-18-20-34-66(54)84-73(56)69/h2-45H/i2D,3D,4D,5D,6D,7D,8D,9D,10D,11D,12D,13D,14D,15D,16D,21D,22D,23D,24D,25D,26D,27D,28D,29D,30D. The summed E-state index contributed by atoms with van der Waals surface area (Å²) in [4.78, 5) is 18.8. The van der Waals surface area contributed by atoms with Gasteiger partial charge in [0.15, 0.2) is 23.2 Å². The quantitative estimate of drug-likeness (QED) is 0.143. The van der Waals surface area contributed by atoms with E-state index in [4.69, 9.17) is 27.8 Å². The predicted octanol–water partition coefficient (Wildman–Crippen LogP) is 21.4. The fourth-order valence-electron chi connectivity index (χ4n) is 11.6. The Hall–Kier alpha value is -10.8. The summed E-state index contributed by atoms with van der Waals surface area (Å²) < 4.78 is 235. The molecule has 0 bridgehead atoms. The highest BCUT2D eigenvalue weighted by molar-refractivity contribution is 7.27. The van der Waals surface area contributed by atoms with Gasteiger partial charge in [0, 0.05) is 84.1 Å². The van der Waals surface area contributed by atoms with E-state index in [1.54, 1.807) is 45.5 Å². The fourth-order valence-corrected chi connectivity index (χ4v) is 14.1. The number of aromatic nitrogens is 5. The summed E-state index contributed by atoms with van der Waals surface area (Å²) in [5.74, 6) is -2.01. The lowest BCUT2D eigenvalue weighted by Crippen LogP contribution is -2.10. The molecule has 0 atom stereocenters. The maximum Gasteiger partial charge on any atom is 0.197 e. The zero-order chi connectivity index (χ0) is 77.2. The largest absolute Gasteiger partial charge is 0.308 e. The number of fused-ring (bicyclic) bond motifs is 14. The topological polar surface area (TPSA) is 52.9 Å². The molecule has 17 rings (SSSR count). The van der Waals surface area contributed by atoms with Crippen molar-refractivity contribution < 1.29 is 34.3 Å². The van der Waals surface area contributed by atoms with Gasteiger partial charge in [-0.25, -0.2) is 19.8 Å². The minimum atomic E-state index is -0.849. The summed E-state index contributed by atoms with van der Waals surface area (Å²) in [6.07, 6.45) is 0.